The van der Waals surface area contributed by atoms with E-state index in [9.17, 15) is 5.11 Å². The van der Waals surface area contributed by atoms with Gasteiger partial charge in [-0.2, -0.15) is 0 Å². The van der Waals surface area contributed by atoms with Crippen LogP contribution < -0.4 is 14.5 Å². The number of ether oxygens (including phenoxy) is 1. The molecule has 0 saturated heterocycles. The first kappa shape index (κ1) is 12.9. The van der Waals surface area contributed by atoms with Gasteiger partial charge in [0, 0.05) is 23.8 Å². The minimum absolute atomic E-state index is 0.0681. The second-order valence-corrected chi connectivity index (χ2v) is 6.53. The maximum atomic E-state index is 12.4. The number of aryl methyl sites for hydroxylation is 1. The summed E-state index contributed by atoms with van der Waals surface area (Å²) < 4.78 is 8.24. The van der Waals surface area contributed by atoms with E-state index in [1.807, 2.05) is 41.1 Å². The number of aromatic nitrogens is 2. The van der Waals surface area contributed by atoms with E-state index in [2.05, 4.69) is 24.2 Å². The fourth-order valence-corrected chi connectivity index (χ4v) is 3.74. The molecule has 0 radical (unpaired) electrons. The van der Waals surface area contributed by atoms with E-state index < -0.39 is 0 Å². The average molecular weight is 304 g/mol. The van der Waals surface area contributed by atoms with Crippen LogP contribution in [0.1, 0.15) is 30.1 Å². The van der Waals surface area contributed by atoms with Crippen LogP contribution in [-0.4, -0.2) is 5.10 Å². The molecule has 2 heterocycles. The molecule has 1 aromatic heterocycles. The van der Waals surface area contributed by atoms with E-state index >= 15 is 0 Å². The smallest absolute Gasteiger partial charge is 0.403 e. The fourth-order valence-electron chi connectivity index (χ4n) is 3.74. The second-order valence-electron chi connectivity index (χ2n) is 6.53. The monoisotopic (exact) mass is 304 g/mol. The van der Waals surface area contributed by atoms with E-state index in [0.717, 1.165) is 24.1 Å². The molecular formula is C19H16N2O2. The molecule has 0 bridgehead atoms. The Morgan fingerprint density at radius 2 is 1.78 bits per heavy atom. The lowest BCUT2D eigenvalue weighted by atomic mass is 9.97. The molecule has 3 aromatic rings. The average Bonchev–Trinajstić information content (AvgIpc) is 3.30. The third-order valence-electron chi connectivity index (χ3n) is 5.14. The van der Waals surface area contributed by atoms with Crippen molar-refractivity contribution in [3.05, 3.63) is 59.7 Å². The topological polar surface area (TPSA) is 49.1 Å². The van der Waals surface area contributed by atoms with Gasteiger partial charge in [-0.1, -0.05) is 42.5 Å². The maximum Gasteiger partial charge on any atom is 0.403 e. The van der Waals surface area contributed by atoms with Gasteiger partial charge < -0.3 is 9.84 Å². The Labute approximate surface area is 134 Å². The molecule has 1 fully saturated rings. The van der Waals surface area contributed by atoms with Gasteiger partial charge in [0.2, 0.25) is 5.54 Å². The third kappa shape index (κ3) is 1.61. The third-order valence-corrected chi connectivity index (χ3v) is 5.14. The van der Waals surface area contributed by atoms with Crippen molar-refractivity contribution >= 4 is 10.8 Å². The quantitative estimate of drug-likeness (QED) is 0.649. The molecule has 1 spiro atoms. The van der Waals surface area contributed by atoms with Gasteiger partial charge in [0.05, 0.1) is 11.3 Å². The number of nitrogens with zero attached hydrogens (tertiary/aromatic N) is 2. The van der Waals surface area contributed by atoms with E-state index in [1.54, 1.807) is 0 Å². The van der Waals surface area contributed by atoms with Gasteiger partial charge in [-0.15, -0.1) is 0 Å². The Hall–Kier alpha value is -2.62. The number of hydrogen-bond acceptors (Lipinski definition) is 3. The molecule has 1 atom stereocenters. The number of fused-ring (bicyclic) bond motifs is 4. The van der Waals surface area contributed by atoms with Gasteiger partial charge in [-0.3, -0.25) is 0 Å². The molecular weight excluding hydrogens is 288 g/mol. The SMILES string of the molecule is Cc1ccccc1C1Oc2c3ccccc3c([O-])n[n+]2C12CC2. The lowest BCUT2D eigenvalue weighted by molar-refractivity contribution is -0.780. The molecule has 2 aromatic carbocycles. The molecule has 1 aliphatic heterocycles. The maximum absolute atomic E-state index is 12.4. The normalized spacial score (nSPS) is 20.5. The van der Waals surface area contributed by atoms with Crippen LogP contribution in [0.4, 0.5) is 0 Å². The van der Waals surface area contributed by atoms with E-state index in [-0.39, 0.29) is 17.5 Å². The summed E-state index contributed by atoms with van der Waals surface area (Å²) in [5, 5.41) is 18.2. The molecule has 4 heteroatoms. The standard InChI is InChI=1S/C19H16N2O2/c1-12-6-2-3-7-13(12)16-19(10-11-19)21-18(23-16)15-9-5-4-8-14(15)17(22)20-21/h2-9,16H,10-11H2,1H3. The molecule has 1 saturated carbocycles. The molecule has 114 valence electrons. The van der Waals surface area contributed by atoms with Crippen molar-refractivity contribution in [1.82, 2.24) is 5.10 Å². The predicted octanol–water partition coefficient (Wildman–Crippen LogP) is 2.53. The molecule has 1 unspecified atom stereocenters. The summed E-state index contributed by atoms with van der Waals surface area (Å²) in [5.41, 5.74) is 2.21. The lowest BCUT2D eigenvalue weighted by Gasteiger charge is -2.14. The van der Waals surface area contributed by atoms with Crippen LogP contribution in [0.2, 0.25) is 0 Å². The molecule has 0 amide bonds. The second kappa shape index (κ2) is 4.22. The van der Waals surface area contributed by atoms with Crippen LogP contribution >= 0.6 is 0 Å². The number of rotatable bonds is 1. The Balaban J connectivity index is 1.76. The van der Waals surface area contributed by atoms with Crippen molar-refractivity contribution in [3.8, 4) is 11.8 Å². The molecule has 0 N–H and O–H groups in total. The van der Waals surface area contributed by atoms with Gasteiger partial charge in [-0.25, -0.2) is 0 Å². The van der Waals surface area contributed by atoms with Crippen LogP contribution in [0.3, 0.4) is 0 Å². The first-order valence-electron chi connectivity index (χ1n) is 7.95. The zero-order chi connectivity index (χ0) is 15.6. The van der Waals surface area contributed by atoms with Crippen molar-refractivity contribution in [1.29, 1.82) is 0 Å². The highest BCUT2D eigenvalue weighted by molar-refractivity contribution is 5.89. The van der Waals surface area contributed by atoms with Crippen molar-refractivity contribution in [2.75, 3.05) is 0 Å². The summed E-state index contributed by atoms with van der Waals surface area (Å²) in [4.78, 5) is 0. The number of hydrogen-bond donors (Lipinski definition) is 0. The summed E-state index contributed by atoms with van der Waals surface area (Å²) in [6.07, 6.45) is 1.92. The Morgan fingerprint density at radius 3 is 2.52 bits per heavy atom. The van der Waals surface area contributed by atoms with Crippen LogP contribution in [-0.2, 0) is 5.54 Å². The van der Waals surface area contributed by atoms with Gasteiger partial charge >= 0.3 is 5.88 Å². The Kier molecular flexibility index (Phi) is 2.36. The molecule has 2 aliphatic rings. The van der Waals surface area contributed by atoms with Crippen LogP contribution in [0.15, 0.2) is 48.5 Å². The summed E-state index contributed by atoms with van der Waals surface area (Å²) in [6.45, 7) is 2.10. The van der Waals surface area contributed by atoms with E-state index in [4.69, 9.17) is 4.74 Å². The molecule has 4 nitrogen and oxygen atoms in total. The zero-order valence-corrected chi connectivity index (χ0v) is 12.8. The van der Waals surface area contributed by atoms with Crippen molar-refractivity contribution in [3.63, 3.8) is 0 Å². The first-order chi connectivity index (χ1) is 11.2. The highest BCUT2D eigenvalue weighted by Gasteiger charge is 2.69. The predicted molar refractivity (Wildman–Crippen MR) is 83.1 cm³/mol. The van der Waals surface area contributed by atoms with Crippen LogP contribution in [0, 0.1) is 6.92 Å². The summed E-state index contributed by atoms with van der Waals surface area (Å²) >= 11 is 0. The molecule has 1 aliphatic carbocycles. The summed E-state index contributed by atoms with van der Waals surface area (Å²) in [5.74, 6) is 0.551. The fraction of sp³-hybridized carbons (Fsp3) is 0.263. The Morgan fingerprint density at radius 1 is 1.09 bits per heavy atom. The van der Waals surface area contributed by atoms with Crippen LogP contribution in [0.25, 0.3) is 10.8 Å². The lowest BCUT2D eigenvalue weighted by Crippen LogP contribution is -2.48. The highest BCUT2D eigenvalue weighted by Crippen LogP contribution is 2.56. The van der Waals surface area contributed by atoms with Crippen molar-refractivity contribution in [2.24, 2.45) is 0 Å². The van der Waals surface area contributed by atoms with E-state index in [1.165, 1.54) is 11.1 Å². The van der Waals surface area contributed by atoms with Gasteiger partial charge in [-0.05, 0) is 28.3 Å². The van der Waals surface area contributed by atoms with E-state index in [0.29, 0.717) is 5.39 Å². The zero-order valence-electron chi connectivity index (χ0n) is 12.8. The minimum atomic E-state index is -0.190. The largest absolute Gasteiger partial charge is 0.854 e. The van der Waals surface area contributed by atoms with Crippen molar-refractivity contribution in [2.45, 2.75) is 31.4 Å². The van der Waals surface area contributed by atoms with Gasteiger partial charge in [0.25, 0.3) is 0 Å². The van der Waals surface area contributed by atoms with Crippen molar-refractivity contribution < 1.29 is 14.5 Å². The van der Waals surface area contributed by atoms with Gasteiger partial charge in [0.15, 0.2) is 6.10 Å². The first-order valence-corrected chi connectivity index (χ1v) is 7.95. The molecule has 5 rings (SSSR count). The Bertz CT molecular complexity index is 947. The van der Waals surface area contributed by atoms with Crippen LogP contribution in [0.5, 0.6) is 11.8 Å². The number of benzene rings is 2. The molecule has 23 heavy (non-hydrogen) atoms. The summed E-state index contributed by atoms with van der Waals surface area (Å²) in [7, 11) is 0. The highest BCUT2D eigenvalue weighted by atomic mass is 16.5. The van der Waals surface area contributed by atoms with Gasteiger partial charge in [0.1, 0.15) is 0 Å². The summed E-state index contributed by atoms with van der Waals surface area (Å²) in [6, 6.07) is 15.9. The minimum Gasteiger partial charge on any atom is -0.854 e.